The lowest BCUT2D eigenvalue weighted by molar-refractivity contribution is 0.202. The SMILES string of the molecule is COCCc1ccc(S(=O)(=O)Nc2cnc(C3CCC3)nc2)cc1. The first kappa shape index (κ1) is 16.9. The van der Waals surface area contributed by atoms with Crippen molar-refractivity contribution in [1.29, 1.82) is 0 Å². The van der Waals surface area contributed by atoms with E-state index in [0.717, 1.165) is 30.7 Å². The largest absolute Gasteiger partial charge is 0.384 e. The minimum absolute atomic E-state index is 0.215. The summed E-state index contributed by atoms with van der Waals surface area (Å²) in [6.07, 6.45) is 7.25. The number of hydrogen-bond donors (Lipinski definition) is 1. The summed E-state index contributed by atoms with van der Waals surface area (Å²) in [5.41, 5.74) is 1.41. The number of rotatable bonds is 7. The van der Waals surface area contributed by atoms with Crippen LogP contribution in [0, 0.1) is 0 Å². The average molecular weight is 347 g/mol. The second kappa shape index (κ2) is 7.27. The van der Waals surface area contributed by atoms with E-state index in [9.17, 15) is 8.42 Å². The number of anilines is 1. The molecule has 128 valence electrons. The highest BCUT2D eigenvalue weighted by atomic mass is 32.2. The number of aromatic nitrogens is 2. The topological polar surface area (TPSA) is 81.2 Å². The van der Waals surface area contributed by atoms with Crippen LogP contribution in [-0.4, -0.2) is 32.1 Å². The van der Waals surface area contributed by atoms with Crippen LogP contribution in [0.15, 0.2) is 41.6 Å². The van der Waals surface area contributed by atoms with E-state index in [4.69, 9.17) is 4.74 Å². The first-order valence-electron chi connectivity index (χ1n) is 8.01. The minimum atomic E-state index is -3.64. The molecule has 0 saturated heterocycles. The predicted molar refractivity (Wildman–Crippen MR) is 91.5 cm³/mol. The van der Waals surface area contributed by atoms with Crippen LogP contribution in [0.5, 0.6) is 0 Å². The maximum atomic E-state index is 12.4. The van der Waals surface area contributed by atoms with Gasteiger partial charge < -0.3 is 4.74 Å². The van der Waals surface area contributed by atoms with Gasteiger partial charge in [0.1, 0.15) is 5.82 Å². The Bertz CT molecular complexity index is 770. The number of sulfonamides is 1. The molecule has 6 nitrogen and oxygen atoms in total. The van der Waals surface area contributed by atoms with Crippen LogP contribution in [0.4, 0.5) is 5.69 Å². The van der Waals surface area contributed by atoms with Gasteiger partial charge in [-0.1, -0.05) is 18.6 Å². The van der Waals surface area contributed by atoms with Gasteiger partial charge in [-0.3, -0.25) is 4.72 Å². The van der Waals surface area contributed by atoms with Crippen LogP contribution in [0.2, 0.25) is 0 Å². The lowest BCUT2D eigenvalue weighted by atomic mass is 9.85. The Hall–Kier alpha value is -1.99. The van der Waals surface area contributed by atoms with E-state index in [1.807, 2.05) is 0 Å². The standard InChI is InChI=1S/C17H21N3O3S/c1-23-10-9-13-5-7-16(8-6-13)24(21,22)20-15-11-18-17(19-12-15)14-3-2-4-14/h5-8,11-12,14,20H,2-4,9-10H2,1H3. The van der Waals surface area contributed by atoms with Gasteiger partial charge in [-0.2, -0.15) is 0 Å². The van der Waals surface area contributed by atoms with Crippen molar-refractivity contribution in [3.05, 3.63) is 48.0 Å². The fraction of sp³-hybridized carbons (Fsp3) is 0.412. The van der Waals surface area contributed by atoms with Crippen molar-refractivity contribution in [1.82, 2.24) is 9.97 Å². The van der Waals surface area contributed by atoms with Crippen molar-refractivity contribution in [3.63, 3.8) is 0 Å². The van der Waals surface area contributed by atoms with E-state index in [1.165, 1.54) is 18.8 Å². The Morgan fingerprint density at radius 1 is 1.17 bits per heavy atom. The zero-order valence-electron chi connectivity index (χ0n) is 13.6. The zero-order chi connectivity index (χ0) is 17.0. The van der Waals surface area contributed by atoms with Crippen molar-refractivity contribution >= 4 is 15.7 Å². The minimum Gasteiger partial charge on any atom is -0.384 e. The highest BCUT2D eigenvalue weighted by molar-refractivity contribution is 7.92. The highest BCUT2D eigenvalue weighted by Gasteiger charge is 2.22. The molecular weight excluding hydrogens is 326 g/mol. The number of methoxy groups -OCH3 is 1. The molecule has 1 saturated carbocycles. The van der Waals surface area contributed by atoms with Crippen molar-refractivity contribution in [2.24, 2.45) is 0 Å². The number of benzene rings is 1. The lowest BCUT2D eigenvalue weighted by Crippen LogP contribution is -2.15. The van der Waals surface area contributed by atoms with E-state index in [2.05, 4.69) is 14.7 Å². The van der Waals surface area contributed by atoms with Gasteiger partial charge in [-0.15, -0.1) is 0 Å². The van der Waals surface area contributed by atoms with Gasteiger partial charge >= 0.3 is 0 Å². The van der Waals surface area contributed by atoms with E-state index in [-0.39, 0.29) is 4.90 Å². The number of nitrogens with one attached hydrogen (secondary N) is 1. The molecule has 7 heteroatoms. The Kier molecular flexibility index (Phi) is 5.11. The first-order valence-corrected chi connectivity index (χ1v) is 9.49. The Balaban J connectivity index is 1.68. The third kappa shape index (κ3) is 3.91. The van der Waals surface area contributed by atoms with Gasteiger partial charge in [0.2, 0.25) is 0 Å². The van der Waals surface area contributed by atoms with Crippen LogP contribution in [-0.2, 0) is 21.2 Å². The summed E-state index contributed by atoms with van der Waals surface area (Å²) in [4.78, 5) is 8.76. The van der Waals surface area contributed by atoms with Gasteiger partial charge in [-0.05, 0) is 37.0 Å². The summed E-state index contributed by atoms with van der Waals surface area (Å²) < 4.78 is 32.4. The fourth-order valence-electron chi connectivity index (χ4n) is 2.54. The second-order valence-corrected chi connectivity index (χ2v) is 7.63. The number of ether oxygens (including phenoxy) is 1. The van der Waals surface area contributed by atoms with E-state index >= 15 is 0 Å². The molecule has 2 aromatic rings. The highest BCUT2D eigenvalue weighted by Crippen LogP contribution is 2.34. The molecule has 3 rings (SSSR count). The van der Waals surface area contributed by atoms with E-state index in [1.54, 1.807) is 31.4 Å². The van der Waals surface area contributed by atoms with Crippen LogP contribution < -0.4 is 4.72 Å². The molecule has 1 aromatic heterocycles. The molecule has 0 radical (unpaired) electrons. The van der Waals surface area contributed by atoms with Crippen LogP contribution in [0.3, 0.4) is 0 Å². The van der Waals surface area contributed by atoms with E-state index in [0.29, 0.717) is 18.2 Å². The van der Waals surface area contributed by atoms with Crippen molar-refractivity contribution in [2.45, 2.75) is 36.5 Å². The third-order valence-electron chi connectivity index (χ3n) is 4.22. The number of nitrogens with zero attached hydrogens (tertiary/aromatic N) is 2. The molecule has 1 aliphatic rings. The van der Waals surface area contributed by atoms with Crippen LogP contribution >= 0.6 is 0 Å². The maximum Gasteiger partial charge on any atom is 0.261 e. The third-order valence-corrected chi connectivity index (χ3v) is 5.62. The van der Waals surface area contributed by atoms with Crippen molar-refractivity contribution < 1.29 is 13.2 Å². The molecule has 1 heterocycles. The monoisotopic (exact) mass is 347 g/mol. The van der Waals surface area contributed by atoms with Gasteiger partial charge in [0, 0.05) is 13.0 Å². The zero-order valence-corrected chi connectivity index (χ0v) is 14.4. The van der Waals surface area contributed by atoms with Gasteiger partial charge in [0.25, 0.3) is 10.0 Å². The molecule has 24 heavy (non-hydrogen) atoms. The molecule has 0 amide bonds. The predicted octanol–water partition coefficient (Wildman–Crippen LogP) is 2.73. The Morgan fingerprint density at radius 2 is 1.83 bits per heavy atom. The molecule has 1 fully saturated rings. The smallest absolute Gasteiger partial charge is 0.261 e. The second-order valence-electron chi connectivity index (χ2n) is 5.95. The summed E-state index contributed by atoms with van der Waals surface area (Å²) in [5, 5.41) is 0. The average Bonchev–Trinajstić information content (AvgIpc) is 2.53. The number of hydrogen-bond acceptors (Lipinski definition) is 5. The molecule has 0 aliphatic heterocycles. The maximum absolute atomic E-state index is 12.4. The molecule has 0 spiro atoms. The quantitative estimate of drug-likeness (QED) is 0.833. The lowest BCUT2D eigenvalue weighted by Gasteiger charge is -2.23. The van der Waals surface area contributed by atoms with Crippen molar-refractivity contribution in [3.8, 4) is 0 Å². The molecule has 0 atom stereocenters. The normalized spacial score (nSPS) is 15.0. The van der Waals surface area contributed by atoms with Crippen molar-refractivity contribution in [2.75, 3.05) is 18.4 Å². The van der Waals surface area contributed by atoms with Crippen LogP contribution in [0.1, 0.15) is 36.6 Å². The summed E-state index contributed by atoms with van der Waals surface area (Å²) in [5.74, 6) is 1.22. The summed E-state index contributed by atoms with van der Waals surface area (Å²) >= 11 is 0. The molecular formula is C17H21N3O3S. The van der Waals surface area contributed by atoms with E-state index < -0.39 is 10.0 Å². The first-order chi connectivity index (χ1) is 11.6. The molecule has 1 aromatic carbocycles. The Labute approximate surface area is 142 Å². The fourth-order valence-corrected chi connectivity index (χ4v) is 3.57. The van der Waals surface area contributed by atoms with Gasteiger partial charge in [0.05, 0.1) is 29.6 Å². The summed E-state index contributed by atoms with van der Waals surface area (Å²) in [6.45, 7) is 0.606. The summed E-state index contributed by atoms with van der Waals surface area (Å²) in [6, 6.07) is 6.78. The van der Waals surface area contributed by atoms with Gasteiger partial charge in [-0.25, -0.2) is 18.4 Å². The molecule has 0 bridgehead atoms. The summed E-state index contributed by atoms with van der Waals surface area (Å²) in [7, 11) is -2.00. The molecule has 0 unspecified atom stereocenters. The molecule has 1 N–H and O–H groups in total. The van der Waals surface area contributed by atoms with Gasteiger partial charge in [0.15, 0.2) is 0 Å². The Morgan fingerprint density at radius 3 is 2.38 bits per heavy atom. The molecule has 1 aliphatic carbocycles. The van der Waals surface area contributed by atoms with Crippen LogP contribution in [0.25, 0.3) is 0 Å².